The van der Waals surface area contributed by atoms with Crippen LogP contribution in [0.2, 0.25) is 0 Å². The lowest BCUT2D eigenvalue weighted by atomic mass is 10.2. The standard InChI is InChI=1S/C10H14N2/c1-12-10(8-4-5-8)6-9(11-12)7-2-3-7/h6-8H,2-5H2,1H3. The van der Waals surface area contributed by atoms with Gasteiger partial charge >= 0.3 is 0 Å². The van der Waals surface area contributed by atoms with Crippen LogP contribution in [0.1, 0.15) is 48.9 Å². The third kappa shape index (κ3) is 0.977. The Labute approximate surface area is 72.6 Å². The zero-order valence-corrected chi connectivity index (χ0v) is 7.45. The second-order valence-electron chi connectivity index (χ2n) is 4.17. The highest BCUT2D eigenvalue weighted by Crippen LogP contribution is 2.44. The fraction of sp³-hybridized carbons (Fsp3) is 0.700. The van der Waals surface area contributed by atoms with Crippen molar-refractivity contribution in [3.05, 3.63) is 17.5 Å². The van der Waals surface area contributed by atoms with Gasteiger partial charge in [-0.1, -0.05) is 0 Å². The summed E-state index contributed by atoms with van der Waals surface area (Å²) in [6.07, 6.45) is 5.48. The van der Waals surface area contributed by atoms with E-state index in [0.29, 0.717) is 0 Å². The molecule has 0 bridgehead atoms. The lowest BCUT2D eigenvalue weighted by Gasteiger charge is -1.95. The molecule has 3 rings (SSSR count). The molecule has 2 saturated carbocycles. The Morgan fingerprint density at radius 2 is 1.92 bits per heavy atom. The van der Waals surface area contributed by atoms with Crippen LogP contribution in [0.3, 0.4) is 0 Å². The molecule has 1 heterocycles. The number of aryl methyl sites for hydroxylation is 1. The van der Waals surface area contributed by atoms with Gasteiger partial charge in [0, 0.05) is 24.6 Å². The Kier molecular flexibility index (Phi) is 1.18. The Balaban J connectivity index is 1.96. The van der Waals surface area contributed by atoms with Crippen molar-refractivity contribution in [2.75, 3.05) is 0 Å². The highest BCUT2D eigenvalue weighted by molar-refractivity contribution is 5.23. The van der Waals surface area contributed by atoms with E-state index in [1.54, 1.807) is 0 Å². The van der Waals surface area contributed by atoms with Crippen molar-refractivity contribution in [3.8, 4) is 0 Å². The first-order valence-electron chi connectivity index (χ1n) is 4.88. The molecule has 0 N–H and O–H groups in total. The molecule has 2 nitrogen and oxygen atoms in total. The minimum atomic E-state index is 0.809. The SMILES string of the molecule is Cn1nc(C2CC2)cc1C1CC1. The van der Waals surface area contributed by atoms with Crippen molar-refractivity contribution < 1.29 is 0 Å². The highest BCUT2D eigenvalue weighted by Gasteiger charge is 2.31. The van der Waals surface area contributed by atoms with E-state index in [0.717, 1.165) is 11.8 Å². The van der Waals surface area contributed by atoms with Gasteiger partial charge in [0.05, 0.1) is 5.69 Å². The maximum Gasteiger partial charge on any atom is 0.0658 e. The molecule has 0 aliphatic heterocycles. The zero-order valence-electron chi connectivity index (χ0n) is 7.45. The van der Waals surface area contributed by atoms with Crippen molar-refractivity contribution in [1.82, 2.24) is 9.78 Å². The number of nitrogens with zero attached hydrogens (tertiary/aromatic N) is 2. The number of aromatic nitrogens is 2. The normalized spacial score (nSPS) is 23.1. The second kappa shape index (κ2) is 2.12. The van der Waals surface area contributed by atoms with Gasteiger partial charge in [-0.3, -0.25) is 4.68 Å². The molecule has 0 saturated heterocycles. The van der Waals surface area contributed by atoms with Crippen LogP contribution in [-0.4, -0.2) is 9.78 Å². The summed E-state index contributed by atoms with van der Waals surface area (Å²) < 4.78 is 2.09. The first-order chi connectivity index (χ1) is 5.84. The van der Waals surface area contributed by atoms with Gasteiger partial charge in [-0.25, -0.2) is 0 Å². The Morgan fingerprint density at radius 1 is 1.25 bits per heavy atom. The van der Waals surface area contributed by atoms with Gasteiger partial charge in [-0.2, -0.15) is 5.10 Å². The predicted molar refractivity (Wildman–Crippen MR) is 47.2 cm³/mol. The average molecular weight is 162 g/mol. The van der Waals surface area contributed by atoms with Crippen molar-refractivity contribution in [2.45, 2.75) is 37.5 Å². The quantitative estimate of drug-likeness (QED) is 0.651. The molecular weight excluding hydrogens is 148 g/mol. The minimum Gasteiger partial charge on any atom is -0.272 e. The number of hydrogen-bond donors (Lipinski definition) is 0. The molecule has 0 aromatic carbocycles. The Bertz CT molecular complexity index is 306. The fourth-order valence-corrected chi connectivity index (χ4v) is 1.84. The highest BCUT2D eigenvalue weighted by atomic mass is 15.3. The molecule has 1 aromatic rings. The summed E-state index contributed by atoms with van der Waals surface area (Å²) in [5.41, 5.74) is 2.82. The van der Waals surface area contributed by atoms with E-state index in [-0.39, 0.29) is 0 Å². The van der Waals surface area contributed by atoms with Crippen molar-refractivity contribution >= 4 is 0 Å². The van der Waals surface area contributed by atoms with E-state index in [2.05, 4.69) is 22.9 Å². The minimum absolute atomic E-state index is 0.809. The molecule has 64 valence electrons. The van der Waals surface area contributed by atoms with Gasteiger partial charge in [0.2, 0.25) is 0 Å². The van der Waals surface area contributed by atoms with Gasteiger partial charge in [0.1, 0.15) is 0 Å². The van der Waals surface area contributed by atoms with Crippen molar-refractivity contribution in [2.24, 2.45) is 7.05 Å². The van der Waals surface area contributed by atoms with Crippen LogP contribution in [0.4, 0.5) is 0 Å². The third-order valence-corrected chi connectivity index (χ3v) is 2.93. The molecular formula is C10H14N2. The molecule has 0 unspecified atom stereocenters. The molecule has 0 atom stereocenters. The molecule has 0 amide bonds. The topological polar surface area (TPSA) is 17.8 Å². The van der Waals surface area contributed by atoms with Crippen LogP contribution < -0.4 is 0 Å². The van der Waals surface area contributed by atoms with Crippen LogP contribution in [0.15, 0.2) is 6.07 Å². The summed E-state index contributed by atoms with van der Waals surface area (Å²) in [7, 11) is 2.08. The molecule has 0 spiro atoms. The van der Waals surface area contributed by atoms with Gasteiger partial charge in [-0.15, -0.1) is 0 Å². The Hall–Kier alpha value is -0.790. The van der Waals surface area contributed by atoms with E-state index >= 15 is 0 Å². The zero-order chi connectivity index (χ0) is 8.13. The molecule has 1 aromatic heterocycles. The largest absolute Gasteiger partial charge is 0.272 e. The van der Waals surface area contributed by atoms with Crippen LogP contribution in [0.5, 0.6) is 0 Å². The molecule has 0 radical (unpaired) electrons. The number of rotatable bonds is 2. The summed E-state index contributed by atoms with van der Waals surface area (Å²) in [5.74, 6) is 1.65. The van der Waals surface area contributed by atoms with Crippen molar-refractivity contribution in [1.29, 1.82) is 0 Å². The summed E-state index contributed by atoms with van der Waals surface area (Å²) in [6.45, 7) is 0. The maximum atomic E-state index is 4.55. The van der Waals surface area contributed by atoms with Crippen LogP contribution in [-0.2, 0) is 7.05 Å². The third-order valence-electron chi connectivity index (χ3n) is 2.93. The molecule has 2 aliphatic carbocycles. The summed E-state index contributed by atoms with van der Waals surface area (Å²) >= 11 is 0. The van der Waals surface area contributed by atoms with Crippen LogP contribution in [0.25, 0.3) is 0 Å². The van der Waals surface area contributed by atoms with Gasteiger partial charge < -0.3 is 0 Å². The molecule has 2 aliphatic rings. The predicted octanol–water partition coefficient (Wildman–Crippen LogP) is 2.17. The van der Waals surface area contributed by atoms with Gasteiger partial charge in [-0.05, 0) is 31.7 Å². The van der Waals surface area contributed by atoms with E-state index in [1.807, 2.05) is 0 Å². The summed E-state index contributed by atoms with van der Waals surface area (Å²) in [4.78, 5) is 0. The monoisotopic (exact) mass is 162 g/mol. The van der Waals surface area contributed by atoms with Gasteiger partial charge in [0.25, 0.3) is 0 Å². The molecule has 12 heavy (non-hydrogen) atoms. The van der Waals surface area contributed by atoms with Crippen molar-refractivity contribution in [3.63, 3.8) is 0 Å². The first-order valence-corrected chi connectivity index (χ1v) is 4.88. The van der Waals surface area contributed by atoms with E-state index < -0.39 is 0 Å². The lowest BCUT2D eigenvalue weighted by Crippen LogP contribution is -1.95. The average Bonchev–Trinajstić information content (AvgIpc) is 2.93. The second-order valence-corrected chi connectivity index (χ2v) is 4.17. The lowest BCUT2D eigenvalue weighted by molar-refractivity contribution is 0.700. The van der Waals surface area contributed by atoms with Crippen LogP contribution >= 0.6 is 0 Å². The molecule has 2 fully saturated rings. The smallest absolute Gasteiger partial charge is 0.0658 e. The van der Waals surface area contributed by atoms with Crippen LogP contribution in [0, 0.1) is 0 Å². The van der Waals surface area contributed by atoms with E-state index in [1.165, 1.54) is 37.1 Å². The first kappa shape index (κ1) is 6.70. The van der Waals surface area contributed by atoms with Gasteiger partial charge in [0.15, 0.2) is 0 Å². The molecule has 2 heteroatoms. The van der Waals surface area contributed by atoms with E-state index in [9.17, 15) is 0 Å². The summed E-state index contributed by atoms with van der Waals surface area (Å²) in [5, 5.41) is 4.55. The fourth-order valence-electron chi connectivity index (χ4n) is 1.84. The maximum absolute atomic E-state index is 4.55. The number of hydrogen-bond acceptors (Lipinski definition) is 1. The van der Waals surface area contributed by atoms with E-state index in [4.69, 9.17) is 0 Å². The summed E-state index contributed by atoms with van der Waals surface area (Å²) in [6, 6.07) is 2.33. The Morgan fingerprint density at radius 3 is 2.50 bits per heavy atom.